The van der Waals surface area contributed by atoms with E-state index in [0.717, 1.165) is 52.1 Å². The van der Waals surface area contributed by atoms with Crippen LogP contribution in [-0.2, 0) is 9.59 Å². The summed E-state index contributed by atoms with van der Waals surface area (Å²) in [6.07, 6.45) is 2.09. The van der Waals surface area contributed by atoms with Gasteiger partial charge in [0.1, 0.15) is 0 Å². The molecular formula is C15H28N4O2. The highest BCUT2D eigenvalue weighted by molar-refractivity contribution is 5.80. The van der Waals surface area contributed by atoms with Crippen LogP contribution in [0.15, 0.2) is 0 Å². The molecule has 2 N–H and O–H groups in total. The summed E-state index contributed by atoms with van der Waals surface area (Å²) in [7, 11) is 0. The van der Waals surface area contributed by atoms with E-state index in [1.54, 1.807) is 0 Å². The molecule has 6 heteroatoms. The summed E-state index contributed by atoms with van der Waals surface area (Å²) in [4.78, 5) is 28.3. The van der Waals surface area contributed by atoms with Crippen LogP contribution in [-0.4, -0.2) is 73.5 Å². The van der Waals surface area contributed by atoms with Gasteiger partial charge in [-0.15, -0.1) is 0 Å². The molecule has 0 saturated carbocycles. The molecule has 2 heterocycles. The van der Waals surface area contributed by atoms with Crippen LogP contribution in [0.25, 0.3) is 0 Å². The third kappa shape index (κ3) is 4.97. The van der Waals surface area contributed by atoms with Crippen molar-refractivity contribution in [2.24, 2.45) is 5.92 Å². The third-order valence-corrected chi connectivity index (χ3v) is 4.15. The number of amides is 2. The topological polar surface area (TPSA) is 64.7 Å². The molecule has 0 bridgehead atoms. The highest BCUT2D eigenvalue weighted by atomic mass is 16.2. The van der Waals surface area contributed by atoms with E-state index in [4.69, 9.17) is 0 Å². The quantitative estimate of drug-likeness (QED) is 0.745. The van der Waals surface area contributed by atoms with Gasteiger partial charge < -0.3 is 15.5 Å². The standard InChI is InChI=1S/C15H28N4O2/c1-12(2)17-14(20)11-18-6-8-19(9-7-18)15(21)13-4-3-5-16-10-13/h12-13,16H,3-11H2,1-2H3,(H,17,20). The van der Waals surface area contributed by atoms with Crippen molar-refractivity contribution in [3.63, 3.8) is 0 Å². The Morgan fingerprint density at radius 3 is 2.52 bits per heavy atom. The fourth-order valence-corrected chi connectivity index (χ4v) is 3.02. The second-order valence-electron chi connectivity index (χ2n) is 6.37. The van der Waals surface area contributed by atoms with Crippen LogP contribution in [0.3, 0.4) is 0 Å². The SMILES string of the molecule is CC(C)NC(=O)CN1CCN(C(=O)C2CCCNC2)CC1. The molecule has 6 nitrogen and oxygen atoms in total. The summed E-state index contributed by atoms with van der Waals surface area (Å²) in [5.74, 6) is 0.504. The second kappa shape index (κ2) is 7.75. The fraction of sp³-hybridized carbons (Fsp3) is 0.867. The number of carbonyl (C=O) groups is 2. The number of piperidine rings is 1. The van der Waals surface area contributed by atoms with Crippen LogP contribution in [0.2, 0.25) is 0 Å². The summed E-state index contributed by atoms with van der Waals surface area (Å²) >= 11 is 0. The van der Waals surface area contributed by atoms with Gasteiger partial charge in [-0.25, -0.2) is 0 Å². The minimum atomic E-state index is 0.0706. The highest BCUT2D eigenvalue weighted by Gasteiger charge is 2.28. The molecule has 2 aliphatic rings. The van der Waals surface area contributed by atoms with Gasteiger partial charge >= 0.3 is 0 Å². The van der Waals surface area contributed by atoms with Crippen molar-refractivity contribution in [3.05, 3.63) is 0 Å². The van der Waals surface area contributed by atoms with Crippen molar-refractivity contribution in [2.75, 3.05) is 45.8 Å². The Bertz CT molecular complexity index is 359. The Kier molecular flexibility index (Phi) is 5.99. The maximum absolute atomic E-state index is 12.4. The number of nitrogens with one attached hydrogen (secondary N) is 2. The number of nitrogens with zero attached hydrogens (tertiary/aromatic N) is 2. The van der Waals surface area contributed by atoms with Gasteiger partial charge in [0, 0.05) is 38.8 Å². The lowest BCUT2D eigenvalue weighted by molar-refractivity contribution is -0.138. The van der Waals surface area contributed by atoms with Crippen LogP contribution in [0, 0.1) is 5.92 Å². The molecule has 1 atom stereocenters. The molecule has 2 saturated heterocycles. The lowest BCUT2D eigenvalue weighted by Gasteiger charge is -2.37. The van der Waals surface area contributed by atoms with Crippen LogP contribution in [0.5, 0.6) is 0 Å². The highest BCUT2D eigenvalue weighted by Crippen LogP contribution is 2.14. The Morgan fingerprint density at radius 2 is 1.95 bits per heavy atom. The summed E-state index contributed by atoms with van der Waals surface area (Å²) < 4.78 is 0. The smallest absolute Gasteiger partial charge is 0.234 e. The van der Waals surface area contributed by atoms with Crippen molar-refractivity contribution in [1.29, 1.82) is 0 Å². The third-order valence-electron chi connectivity index (χ3n) is 4.15. The average Bonchev–Trinajstić information content (AvgIpc) is 2.47. The second-order valence-corrected chi connectivity index (χ2v) is 6.37. The molecule has 0 aromatic rings. The normalized spacial score (nSPS) is 24.1. The van der Waals surface area contributed by atoms with E-state index in [9.17, 15) is 9.59 Å². The molecule has 2 amide bonds. The Hall–Kier alpha value is -1.14. The molecule has 0 radical (unpaired) electrons. The zero-order chi connectivity index (χ0) is 15.2. The minimum Gasteiger partial charge on any atom is -0.353 e. The number of piperazine rings is 1. The Balaban J connectivity index is 1.72. The minimum absolute atomic E-state index is 0.0706. The molecule has 0 aromatic carbocycles. The van der Waals surface area contributed by atoms with Crippen molar-refractivity contribution >= 4 is 11.8 Å². The lowest BCUT2D eigenvalue weighted by atomic mass is 9.98. The Labute approximate surface area is 127 Å². The van der Waals surface area contributed by atoms with Crippen LogP contribution in [0.4, 0.5) is 0 Å². The molecule has 1 unspecified atom stereocenters. The Morgan fingerprint density at radius 1 is 1.24 bits per heavy atom. The summed E-state index contributed by atoms with van der Waals surface area (Å²) in [5.41, 5.74) is 0. The maximum Gasteiger partial charge on any atom is 0.234 e. The van der Waals surface area contributed by atoms with Gasteiger partial charge in [0.2, 0.25) is 11.8 Å². The first-order valence-corrected chi connectivity index (χ1v) is 8.07. The van der Waals surface area contributed by atoms with Gasteiger partial charge in [0.15, 0.2) is 0 Å². The van der Waals surface area contributed by atoms with Crippen molar-refractivity contribution in [3.8, 4) is 0 Å². The zero-order valence-corrected chi connectivity index (χ0v) is 13.2. The van der Waals surface area contributed by atoms with E-state index in [1.165, 1.54) is 0 Å². The first kappa shape index (κ1) is 16.2. The van der Waals surface area contributed by atoms with E-state index in [2.05, 4.69) is 15.5 Å². The summed E-state index contributed by atoms with van der Waals surface area (Å²) in [6, 6.07) is 0.180. The van der Waals surface area contributed by atoms with E-state index in [0.29, 0.717) is 6.54 Å². The number of hydrogen-bond acceptors (Lipinski definition) is 4. The molecule has 0 aromatic heterocycles. The molecule has 2 aliphatic heterocycles. The van der Waals surface area contributed by atoms with Crippen molar-refractivity contribution in [1.82, 2.24) is 20.4 Å². The van der Waals surface area contributed by atoms with E-state index in [-0.39, 0.29) is 23.8 Å². The van der Waals surface area contributed by atoms with Gasteiger partial charge in [-0.1, -0.05) is 0 Å². The molecule has 120 valence electrons. The molecule has 0 aliphatic carbocycles. The van der Waals surface area contributed by atoms with Gasteiger partial charge in [-0.2, -0.15) is 0 Å². The molecule has 2 rings (SSSR count). The first-order chi connectivity index (χ1) is 10.1. The van der Waals surface area contributed by atoms with Crippen molar-refractivity contribution < 1.29 is 9.59 Å². The van der Waals surface area contributed by atoms with Gasteiger partial charge in [0.25, 0.3) is 0 Å². The summed E-state index contributed by atoms with van der Waals surface area (Å²) in [5, 5.41) is 6.20. The molecule has 21 heavy (non-hydrogen) atoms. The van der Waals surface area contributed by atoms with Gasteiger partial charge in [0.05, 0.1) is 12.5 Å². The molecule has 0 spiro atoms. The van der Waals surface area contributed by atoms with E-state index < -0.39 is 0 Å². The number of rotatable bonds is 4. The van der Waals surface area contributed by atoms with Crippen molar-refractivity contribution in [2.45, 2.75) is 32.7 Å². The predicted octanol–water partition coefficient (Wildman–Crippen LogP) is -0.345. The molecular weight excluding hydrogens is 268 g/mol. The van der Waals surface area contributed by atoms with E-state index in [1.807, 2.05) is 18.7 Å². The predicted molar refractivity (Wildman–Crippen MR) is 81.9 cm³/mol. The largest absolute Gasteiger partial charge is 0.353 e. The van der Waals surface area contributed by atoms with Crippen LogP contribution >= 0.6 is 0 Å². The van der Waals surface area contributed by atoms with Crippen LogP contribution < -0.4 is 10.6 Å². The van der Waals surface area contributed by atoms with Crippen LogP contribution in [0.1, 0.15) is 26.7 Å². The number of hydrogen-bond donors (Lipinski definition) is 2. The lowest BCUT2D eigenvalue weighted by Crippen LogP contribution is -2.53. The molecule has 2 fully saturated rings. The van der Waals surface area contributed by atoms with Gasteiger partial charge in [-0.05, 0) is 33.2 Å². The van der Waals surface area contributed by atoms with E-state index >= 15 is 0 Å². The number of carbonyl (C=O) groups excluding carboxylic acids is 2. The maximum atomic E-state index is 12.4. The zero-order valence-electron chi connectivity index (χ0n) is 13.2. The fourth-order valence-electron chi connectivity index (χ4n) is 3.02. The average molecular weight is 296 g/mol. The summed E-state index contributed by atoms with van der Waals surface area (Å²) in [6.45, 7) is 9.27. The monoisotopic (exact) mass is 296 g/mol. The van der Waals surface area contributed by atoms with Gasteiger partial charge in [-0.3, -0.25) is 14.5 Å². The first-order valence-electron chi connectivity index (χ1n) is 8.07.